The van der Waals surface area contributed by atoms with Gasteiger partial charge in [-0.25, -0.2) is 0 Å². The molecule has 1 saturated heterocycles. The molecule has 1 fully saturated rings. The van der Waals surface area contributed by atoms with Crippen LogP contribution in [0.4, 0.5) is 0 Å². The SMILES string of the molecule is CC(NC(=O)[C@@H]1CCCCN1)c1ccc2c(c1)OCO2. The summed E-state index contributed by atoms with van der Waals surface area (Å²) in [6.45, 7) is 3.18. The molecule has 1 aromatic rings. The summed E-state index contributed by atoms with van der Waals surface area (Å²) in [7, 11) is 0. The van der Waals surface area contributed by atoms with E-state index in [1.807, 2.05) is 25.1 Å². The van der Waals surface area contributed by atoms with E-state index in [9.17, 15) is 4.79 Å². The summed E-state index contributed by atoms with van der Waals surface area (Å²) in [4.78, 5) is 12.2. The molecule has 0 aromatic heterocycles. The van der Waals surface area contributed by atoms with Gasteiger partial charge in [0.1, 0.15) is 0 Å². The molecule has 1 unspecified atom stereocenters. The minimum absolute atomic E-state index is 0.0410. The van der Waals surface area contributed by atoms with Gasteiger partial charge in [0.15, 0.2) is 11.5 Å². The predicted molar refractivity (Wildman–Crippen MR) is 74.8 cm³/mol. The molecule has 0 bridgehead atoms. The van der Waals surface area contributed by atoms with Crippen LogP contribution in [0, 0.1) is 0 Å². The van der Waals surface area contributed by atoms with Gasteiger partial charge in [0.05, 0.1) is 12.1 Å². The van der Waals surface area contributed by atoms with Crippen molar-refractivity contribution in [2.75, 3.05) is 13.3 Å². The van der Waals surface area contributed by atoms with Gasteiger partial charge in [0.2, 0.25) is 12.7 Å². The van der Waals surface area contributed by atoms with E-state index in [0.29, 0.717) is 0 Å². The molecule has 2 atom stereocenters. The zero-order valence-electron chi connectivity index (χ0n) is 11.6. The van der Waals surface area contributed by atoms with Crippen LogP contribution in [-0.4, -0.2) is 25.3 Å². The first-order valence-electron chi connectivity index (χ1n) is 7.17. The van der Waals surface area contributed by atoms with Crippen LogP contribution in [-0.2, 0) is 4.79 Å². The molecule has 108 valence electrons. The van der Waals surface area contributed by atoms with Gasteiger partial charge in [0, 0.05) is 0 Å². The highest BCUT2D eigenvalue weighted by molar-refractivity contribution is 5.82. The van der Waals surface area contributed by atoms with E-state index >= 15 is 0 Å². The number of carbonyl (C=O) groups excluding carboxylic acids is 1. The van der Waals surface area contributed by atoms with Crippen molar-refractivity contribution in [2.24, 2.45) is 0 Å². The van der Waals surface area contributed by atoms with Gasteiger partial charge in [-0.3, -0.25) is 4.79 Å². The van der Waals surface area contributed by atoms with Crippen molar-refractivity contribution in [3.63, 3.8) is 0 Å². The zero-order chi connectivity index (χ0) is 13.9. The molecule has 2 heterocycles. The number of carbonyl (C=O) groups is 1. The van der Waals surface area contributed by atoms with Crippen LogP contribution >= 0.6 is 0 Å². The maximum Gasteiger partial charge on any atom is 0.237 e. The standard InChI is InChI=1S/C15H20N2O3/c1-10(17-15(18)12-4-2-3-7-16-12)11-5-6-13-14(8-11)20-9-19-13/h5-6,8,10,12,16H,2-4,7,9H2,1H3,(H,17,18)/t10?,12-/m0/s1. The molecule has 2 N–H and O–H groups in total. The van der Waals surface area contributed by atoms with E-state index in [-0.39, 0.29) is 24.8 Å². The van der Waals surface area contributed by atoms with Crippen molar-refractivity contribution >= 4 is 5.91 Å². The minimum Gasteiger partial charge on any atom is -0.454 e. The van der Waals surface area contributed by atoms with Gasteiger partial charge in [-0.15, -0.1) is 0 Å². The highest BCUT2D eigenvalue weighted by atomic mass is 16.7. The van der Waals surface area contributed by atoms with E-state index in [2.05, 4.69) is 10.6 Å². The highest BCUT2D eigenvalue weighted by Gasteiger charge is 2.23. The van der Waals surface area contributed by atoms with E-state index in [1.54, 1.807) is 0 Å². The fraction of sp³-hybridized carbons (Fsp3) is 0.533. The molecule has 5 heteroatoms. The first-order valence-corrected chi connectivity index (χ1v) is 7.17. The van der Waals surface area contributed by atoms with Crippen LogP contribution in [0.3, 0.4) is 0 Å². The molecular formula is C15H20N2O3. The van der Waals surface area contributed by atoms with Gasteiger partial charge in [-0.05, 0) is 44.0 Å². The third kappa shape index (κ3) is 2.72. The molecule has 1 aromatic carbocycles. The molecule has 5 nitrogen and oxygen atoms in total. The minimum atomic E-state index is -0.0554. The summed E-state index contributed by atoms with van der Waals surface area (Å²) < 4.78 is 10.7. The molecule has 0 radical (unpaired) electrons. The number of rotatable bonds is 3. The molecule has 2 aliphatic rings. The lowest BCUT2D eigenvalue weighted by molar-refractivity contribution is -0.124. The summed E-state index contributed by atoms with van der Waals surface area (Å²) in [5.74, 6) is 1.59. The summed E-state index contributed by atoms with van der Waals surface area (Å²) in [5, 5.41) is 6.32. The van der Waals surface area contributed by atoms with Crippen LogP contribution in [0.25, 0.3) is 0 Å². The molecule has 0 spiro atoms. The van der Waals surface area contributed by atoms with E-state index in [0.717, 1.165) is 42.9 Å². The lowest BCUT2D eigenvalue weighted by Crippen LogP contribution is -2.47. The molecule has 1 amide bonds. The number of benzene rings is 1. The average molecular weight is 276 g/mol. The Hall–Kier alpha value is -1.75. The second-order valence-corrected chi connectivity index (χ2v) is 5.35. The second kappa shape index (κ2) is 5.71. The normalized spacial score (nSPS) is 22.4. The fourth-order valence-electron chi connectivity index (χ4n) is 2.66. The maximum atomic E-state index is 12.2. The number of fused-ring (bicyclic) bond motifs is 1. The van der Waals surface area contributed by atoms with Crippen LogP contribution < -0.4 is 20.1 Å². The molecule has 3 rings (SSSR count). The van der Waals surface area contributed by atoms with Gasteiger partial charge < -0.3 is 20.1 Å². The number of piperidine rings is 1. The van der Waals surface area contributed by atoms with Crippen LogP contribution in [0.2, 0.25) is 0 Å². The Bertz CT molecular complexity index is 498. The van der Waals surface area contributed by atoms with Gasteiger partial charge in [-0.2, -0.15) is 0 Å². The Kier molecular flexibility index (Phi) is 3.78. The van der Waals surface area contributed by atoms with Crippen molar-refractivity contribution in [3.8, 4) is 11.5 Å². The summed E-state index contributed by atoms with van der Waals surface area (Å²) in [6.07, 6.45) is 3.19. The number of amides is 1. The molecule has 0 saturated carbocycles. The predicted octanol–water partition coefficient (Wildman–Crippen LogP) is 1.73. The van der Waals surface area contributed by atoms with Crippen molar-refractivity contribution in [2.45, 2.75) is 38.3 Å². The maximum absolute atomic E-state index is 12.2. The Morgan fingerprint density at radius 2 is 2.20 bits per heavy atom. The number of nitrogens with one attached hydrogen (secondary N) is 2. The summed E-state index contributed by atoms with van der Waals surface area (Å²) in [5.41, 5.74) is 1.03. The molecule has 2 aliphatic heterocycles. The van der Waals surface area contributed by atoms with E-state index in [4.69, 9.17) is 9.47 Å². The quantitative estimate of drug-likeness (QED) is 0.883. The van der Waals surface area contributed by atoms with Crippen LogP contribution in [0.5, 0.6) is 11.5 Å². The van der Waals surface area contributed by atoms with Crippen molar-refractivity contribution in [1.82, 2.24) is 10.6 Å². The van der Waals surface area contributed by atoms with Crippen molar-refractivity contribution in [3.05, 3.63) is 23.8 Å². The van der Waals surface area contributed by atoms with Gasteiger partial charge >= 0.3 is 0 Å². The number of hydrogen-bond donors (Lipinski definition) is 2. The lowest BCUT2D eigenvalue weighted by atomic mass is 10.0. The fourth-order valence-corrected chi connectivity index (χ4v) is 2.66. The number of ether oxygens (including phenoxy) is 2. The Balaban J connectivity index is 1.63. The van der Waals surface area contributed by atoms with E-state index < -0.39 is 0 Å². The third-order valence-electron chi connectivity index (χ3n) is 3.88. The first-order chi connectivity index (χ1) is 9.74. The zero-order valence-corrected chi connectivity index (χ0v) is 11.6. The highest BCUT2D eigenvalue weighted by Crippen LogP contribution is 2.34. The van der Waals surface area contributed by atoms with Gasteiger partial charge in [0.25, 0.3) is 0 Å². The molecular weight excluding hydrogens is 256 g/mol. The second-order valence-electron chi connectivity index (χ2n) is 5.35. The average Bonchev–Trinajstić information content (AvgIpc) is 2.95. The Labute approximate surface area is 118 Å². The van der Waals surface area contributed by atoms with Crippen LogP contribution in [0.15, 0.2) is 18.2 Å². The summed E-state index contributed by atoms with van der Waals surface area (Å²) in [6, 6.07) is 5.69. The first kappa shape index (κ1) is 13.2. The lowest BCUT2D eigenvalue weighted by Gasteiger charge is -2.24. The monoisotopic (exact) mass is 276 g/mol. The van der Waals surface area contributed by atoms with Crippen LogP contribution in [0.1, 0.15) is 37.8 Å². The molecule has 20 heavy (non-hydrogen) atoms. The topological polar surface area (TPSA) is 59.6 Å². The Morgan fingerprint density at radius 1 is 1.35 bits per heavy atom. The Morgan fingerprint density at radius 3 is 3.00 bits per heavy atom. The third-order valence-corrected chi connectivity index (χ3v) is 3.88. The van der Waals surface area contributed by atoms with E-state index in [1.165, 1.54) is 0 Å². The summed E-state index contributed by atoms with van der Waals surface area (Å²) >= 11 is 0. The number of hydrogen-bond acceptors (Lipinski definition) is 4. The smallest absolute Gasteiger partial charge is 0.237 e. The van der Waals surface area contributed by atoms with Gasteiger partial charge in [-0.1, -0.05) is 12.5 Å². The van der Waals surface area contributed by atoms with Crippen molar-refractivity contribution < 1.29 is 14.3 Å². The largest absolute Gasteiger partial charge is 0.454 e. The molecule has 0 aliphatic carbocycles. The van der Waals surface area contributed by atoms with Crippen molar-refractivity contribution in [1.29, 1.82) is 0 Å².